The van der Waals surface area contributed by atoms with Gasteiger partial charge in [-0.15, -0.1) is 0 Å². The largest absolute Gasteiger partial charge is 0.481 e. The molecule has 0 aromatic rings. The van der Waals surface area contributed by atoms with Crippen molar-refractivity contribution in [2.24, 2.45) is 10.8 Å². The molecule has 0 aromatic carbocycles. The van der Waals surface area contributed by atoms with E-state index < -0.39 is 16.8 Å². The number of hydrogen-bond acceptors (Lipinski definition) is 3. The minimum absolute atomic E-state index is 0.171. The number of aliphatic carboxylic acids is 1. The van der Waals surface area contributed by atoms with Crippen molar-refractivity contribution in [3.8, 4) is 0 Å². The zero-order valence-electron chi connectivity index (χ0n) is 10.5. The summed E-state index contributed by atoms with van der Waals surface area (Å²) in [5, 5.41) is 9.66. The third-order valence-electron chi connectivity index (χ3n) is 4.42. The molecule has 4 heteroatoms. The Labute approximate surface area is 106 Å². The first kappa shape index (κ1) is 12.9. The van der Waals surface area contributed by atoms with Crippen LogP contribution in [0.3, 0.4) is 0 Å². The molecule has 2 aliphatic carbocycles. The summed E-state index contributed by atoms with van der Waals surface area (Å²) in [6.45, 7) is 0. The van der Waals surface area contributed by atoms with Crippen LogP contribution in [0.15, 0.2) is 24.3 Å². The Morgan fingerprint density at radius 2 is 1.61 bits per heavy atom. The van der Waals surface area contributed by atoms with Gasteiger partial charge in [-0.05, 0) is 25.7 Å². The summed E-state index contributed by atoms with van der Waals surface area (Å²) in [4.78, 5) is 23.4. The SMILES string of the molecule is COC(=O)CC12CC=CCC1(C(=O)O)CC=CC2. The summed E-state index contributed by atoms with van der Waals surface area (Å²) in [5.74, 6) is -1.13. The van der Waals surface area contributed by atoms with E-state index >= 15 is 0 Å². The van der Waals surface area contributed by atoms with Crippen LogP contribution in [0, 0.1) is 10.8 Å². The normalized spacial score (nSPS) is 33.8. The summed E-state index contributed by atoms with van der Waals surface area (Å²) in [5.41, 5.74) is -1.39. The van der Waals surface area contributed by atoms with Crippen LogP contribution >= 0.6 is 0 Å². The van der Waals surface area contributed by atoms with Crippen LogP contribution in [-0.4, -0.2) is 24.2 Å². The molecule has 0 aliphatic heterocycles. The van der Waals surface area contributed by atoms with E-state index in [1.165, 1.54) is 7.11 Å². The maximum atomic E-state index is 11.8. The predicted octanol–water partition coefficient (Wildman–Crippen LogP) is 2.31. The Balaban J connectivity index is 2.43. The van der Waals surface area contributed by atoms with E-state index in [9.17, 15) is 14.7 Å². The number of carbonyl (C=O) groups is 2. The third kappa shape index (κ3) is 1.76. The molecule has 98 valence electrons. The fraction of sp³-hybridized carbons (Fsp3) is 0.571. The Morgan fingerprint density at radius 1 is 1.11 bits per heavy atom. The van der Waals surface area contributed by atoms with Crippen molar-refractivity contribution in [2.75, 3.05) is 7.11 Å². The standard InChI is InChI=1S/C14H18O4/c1-18-11(15)10-13-6-2-4-8-14(13,12(16)17)9-5-3-7-13/h2-5H,6-10H2,1H3,(H,16,17). The lowest BCUT2D eigenvalue weighted by Gasteiger charge is -2.50. The van der Waals surface area contributed by atoms with Crippen molar-refractivity contribution in [2.45, 2.75) is 32.1 Å². The van der Waals surface area contributed by atoms with Gasteiger partial charge in [0, 0.05) is 5.41 Å². The number of carboxylic acid groups (broad SMARTS) is 1. The second-order valence-corrected chi connectivity index (χ2v) is 5.18. The van der Waals surface area contributed by atoms with E-state index in [-0.39, 0.29) is 12.4 Å². The maximum Gasteiger partial charge on any atom is 0.310 e. The smallest absolute Gasteiger partial charge is 0.310 e. The van der Waals surface area contributed by atoms with E-state index in [0.717, 1.165) is 0 Å². The van der Waals surface area contributed by atoms with E-state index in [0.29, 0.717) is 25.7 Å². The second kappa shape index (κ2) is 4.59. The summed E-state index contributed by atoms with van der Waals surface area (Å²) >= 11 is 0. The lowest BCUT2D eigenvalue weighted by atomic mass is 9.52. The quantitative estimate of drug-likeness (QED) is 0.616. The van der Waals surface area contributed by atoms with Crippen molar-refractivity contribution >= 4 is 11.9 Å². The van der Waals surface area contributed by atoms with Gasteiger partial charge in [0.1, 0.15) is 0 Å². The highest BCUT2D eigenvalue weighted by molar-refractivity contribution is 5.79. The second-order valence-electron chi connectivity index (χ2n) is 5.18. The van der Waals surface area contributed by atoms with Gasteiger partial charge in [-0.1, -0.05) is 24.3 Å². The van der Waals surface area contributed by atoms with Crippen LogP contribution < -0.4 is 0 Å². The molecule has 0 fully saturated rings. The molecule has 2 aliphatic rings. The summed E-state index contributed by atoms with van der Waals surface area (Å²) in [6, 6.07) is 0. The Morgan fingerprint density at radius 3 is 2.06 bits per heavy atom. The number of carboxylic acids is 1. The van der Waals surface area contributed by atoms with Gasteiger partial charge in [0.2, 0.25) is 0 Å². The number of rotatable bonds is 3. The zero-order valence-corrected chi connectivity index (χ0v) is 10.5. The first-order chi connectivity index (χ1) is 8.56. The monoisotopic (exact) mass is 250 g/mol. The van der Waals surface area contributed by atoms with Gasteiger partial charge in [0.25, 0.3) is 0 Å². The van der Waals surface area contributed by atoms with Crippen molar-refractivity contribution in [3.63, 3.8) is 0 Å². The molecule has 18 heavy (non-hydrogen) atoms. The van der Waals surface area contributed by atoms with Crippen molar-refractivity contribution < 1.29 is 19.4 Å². The minimum atomic E-state index is -0.856. The van der Waals surface area contributed by atoms with Crippen LogP contribution in [0.25, 0.3) is 0 Å². The first-order valence-electron chi connectivity index (χ1n) is 6.17. The molecule has 0 atom stereocenters. The molecule has 0 radical (unpaired) electrons. The van der Waals surface area contributed by atoms with E-state index in [2.05, 4.69) is 0 Å². The number of hydrogen-bond donors (Lipinski definition) is 1. The molecule has 0 bridgehead atoms. The van der Waals surface area contributed by atoms with Crippen LogP contribution in [-0.2, 0) is 14.3 Å². The van der Waals surface area contributed by atoms with E-state index in [1.54, 1.807) is 0 Å². The lowest BCUT2D eigenvalue weighted by Crippen LogP contribution is -2.51. The Kier molecular flexibility index (Phi) is 3.28. The van der Waals surface area contributed by atoms with Crippen molar-refractivity contribution in [3.05, 3.63) is 24.3 Å². The number of ether oxygens (including phenoxy) is 1. The number of methoxy groups -OCH3 is 1. The summed E-state index contributed by atoms with van der Waals surface area (Å²) in [6.07, 6.45) is 10.2. The number of fused-ring (bicyclic) bond motifs is 1. The Hall–Kier alpha value is -1.58. The molecule has 0 saturated carbocycles. The van der Waals surface area contributed by atoms with Crippen molar-refractivity contribution in [1.29, 1.82) is 0 Å². The third-order valence-corrected chi connectivity index (χ3v) is 4.42. The molecule has 0 saturated heterocycles. The van der Waals surface area contributed by atoms with Gasteiger partial charge in [-0.2, -0.15) is 0 Å². The van der Waals surface area contributed by atoms with Crippen LogP contribution in [0.4, 0.5) is 0 Å². The van der Waals surface area contributed by atoms with Gasteiger partial charge in [0.05, 0.1) is 18.9 Å². The van der Waals surface area contributed by atoms with Crippen molar-refractivity contribution in [1.82, 2.24) is 0 Å². The van der Waals surface area contributed by atoms with Gasteiger partial charge >= 0.3 is 11.9 Å². The molecule has 4 nitrogen and oxygen atoms in total. The average Bonchev–Trinajstić information content (AvgIpc) is 2.38. The minimum Gasteiger partial charge on any atom is -0.481 e. The predicted molar refractivity (Wildman–Crippen MR) is 65.9 cm³/mol. The van der Waals surface area contributed by atoms with Gasteiger partial charge in [-0.25, -0.2) is 0 Å². The van der Waals surface area contributed by atoms with Gasteiger partial charge in [0.15, 0.2) is 0 Å². The molecule has 1 N–H and O–H groups in total. The van der Waals surface area contributed by atoms with Gasteiger partial charge in [-0.3, -0.25) is 9.59 Å². The fourth-order valence-electron chi connectivity index (χ4n) is 3.24. The average molecular weight is 250 g/mol. The summed E-state index contributed by atoms with van der Waals surface area (Å²) in [7, 11) is 1.35. The molecule has 0 unspecified atom stereocenters. The zero-order chi connectivity index (χ0) is 13.2. The molecule has 0 spiro atoms. The van der Waals surface area contributed by atoms with E-state index in [4.69, 9.17) is 4.74 Å². The van der Waals surface area contributed by atoms with E-state index in [1.807, 2.05) is 24.3 Å². The highest BCUT2D eigenvalue weighted by atomic mass is 16.5. The Bertz CT molecular complexity index is 402. The number of esters is 1. The molecular weight excluding hydrogens is 232 g/mol. The van der Waals surface area contributed by atoms with Gasteiger partial charge < -0.3 is 9.84 Å². The van der Waals surface area contributed by atoms with Crippen LogP contribution in [0.5, 0.6) is 0 Å². The molecule has 2 rings (SSSR count). The molecule has 0 aromatic heterocycles. The molecular formula is C14H18O4. The topological polar surface area (TPSA) is 63.6 Å². The highest BCUT2D eigenvalue weighted by Gasteiger charge is 2.57. The highest BCUT2D eigenvalue weighted by Crippen LogP contribution is 2.57. The summed E-state index contributed by atoms with van der Waals surface area (Å²) < 4.78 is 4.74. The van der Waals surface area contributed by atoms with Crippen LogP contribution in [0.1, 0.15) is 32.1 Å². The number of carbonyl (C=O) groups excluding carboxylic acids is 1. The first-order valence-corrected chi connectivity index (χ1v) is 6.17. The molecule has 0 heterocycles. The number of allylic oxidation sites excluding steroid dienone is 4. The molecule has 0 amide bonds. The van der Waals surface area contributed by atoms with Crippen LogP contribution in [0.2, 0.25) is 0 Å². The fourth-order valence-corrected chi connectivity index (χ4v) is 3.24. The lowest BCUT2D eigenvalue weighted by molar-refractivity contribution is -0.164. The maximum absolute atomic E-state index is 11.8.